The van der Waals surface area contributed by atoms with Gasteiger partial charge in [0, 0.05) is 370 Å². The molecule has 0 fully saturated rings. The van der Waals surface area contributed by atoms with Crippen molar-refractivity contribution in [3.8, 4) is 0 Å². The van der Waals surface area contributed by atoms with Crippen molar-refractivity contribution in [2.24, 2.45) is 5.73 Å². The Labute approximate surface area is 956 Å². The Morgan fingerprint density at radius 3 is 0.655 bits per heavy atom. The Kier molecular flexibility index (Phi) is 408. The maximum absolute atomic E-state index is 10.7. The normalized spacial score (nSPS) is 7.52. The Balaban J connectivity index is -0.0000000288. The summed E-state index contributed by atoms with van der Waals surface area (Å²) in [6, 6.07) is 0. The summed E-state index contributed by atoms with van der Waals surface area (Å²) >= 11 is 3.28. The van der Waals surface area contributed by atoms with Crippen LogP contribution in [0.1, 0.15) is 181 Å². The molecular formula is C67H144N3O27S15Y7-9. The summed E-state index contributed by atoms with van der Waals surface area (Å²) in [5.41, 5.74) is 4.47. The second-order valence-corrected chi connectivity index (χ2v) is 32.3. The predicted molar refractivity (Wildman–Crippen MR) is 501 cm³/mol. The third-order valence-corrected chi connectivity index (χ3v) is 18.4. The van der Waals surface area contributed by atoms with Crippen LogP contribution in [0.25, 0.3) is 11.6 Å². The molecule has 0 aliphatic rings. The molecule has 7 radical (unpaired) electrons. The standard InChI is InChI=1S/C10H20O2.4C6H11O2S2.C5H9O2S2.C4H6O3.C4H10O2S2.C4H8O.C3H7OS2.C3H6O.C2H5NO.C2H6.CNO.4CH4O.CH3S.H2N.H2O.7Y/c1-3-5-6-7-8-9-12-10(11)4-2;4*1-3-6(7)8-4-5-10-9-2;1-5(6)7-3-4-9-8-2;1-3(5)7-4(2)6;5-1-3-7-8-4-2-6;1-3-4(2)5;1-5-6-3-2-4;1-3(2)4;1-2(3)4;1-2;2-1-3;5*1-2;;;;;;;;;/h3-9H2,1-2H3;4*2-5H2,1H3;2-4H2,1H3;1-2H3;5-6H,1-4H2;3H2,1-2H3;4H,1-3H2;1-2H3;1H3,(H2,3,4);1-2H3;;4*2H,1H3;2H,1H2;2*1H2;;;;;;;/q;5*-1;;;;-1;;;;-1;;;;;2*-1;;;;;;;;. The number of nitrogens with two attached hydrogens (primary N) is 2. The van der Waals surface area contributed by atoms with Gasteiger partial charge in [-0.2, -0.15) is 0 Å². The minimum atomic E-state index is -0.562. The van der Waals surface area contributed by atoms with Gasteiger partial charge in [-0.25, -0.2) is 0 Å². The summed E-state index contributed by atoms with van der Waals surface area (Å²) in [5.74, 6) is 4.53. The third kappa shape index (κ3) is 398. The van der Waals surface area contributed by atoms with E-state index in [0.717, 1.165) is 80.9 Å². The quantitative estimate of drug-likeness (QED) is 0.00317. The number of esters is 8. The number of unbranched alkanes of at least 4 members (excludes halogenated alkanes) is 4. The zero-order chi connectivity index (χ0) is 90.7. The van der Waals surface area contributed by atoms with Crippen LogP contribution in [-0.4, -0.2) is 246 Å². The number of carbonyl (C=O) groups is 11. The molecule has 0 atom stereocenters. The number of primary amides is 1. The van der Waals surface area contributed by atoms with Crippen molar-refractivity contribution in [3.63, 3.8) is 0 Å². The molecule has 0 spiro atoms. The molecule has 0 rings (SSSR count). The molecule has 709 valence electrons. The Morgan fingerprint density at radius 1 is 0.353 bits per heavy atom. The number of nitrogens with zero attached hydrogens (tertiary/aromatic N) is 1. The van der Waals surface area contributed by atoms with Crippen LogP contribution in [-0.2, 0) is 320 Å². The van der Waals surface area contributed by atoms with E-state index in [0.29, 0.717) is 84.2 Å². The first-order valence-electron chi connectivity index (χ1n) is 32.7. The van der Waals surface area contributed by atoms with E-state index in [1.807, 2.05) is 27.7 Å². The van der Waals surface area contributed by atoms with Crippen LogP contribution in [0, 0.1) is 43.8 Å². The van der Waals surface area contributed by atoms with Crippen molar-refractivity contribution in [2.45, 2.75) is 181 Å². The number of ketones is 2. The Hall–Kier alpha value is 6.77. The zero-order valence-corrected chi connectivity index (χ0v) is 106. The van der Waals surface area contributed by atoms with Gasteiger partial charge in [-0.15, -0.1) is 64.8 Å². The molecule has 0 aromatic carbocycles. The monoisotopic (exact) mass is 2520 g/mol. The van der Waals surface area contributed by atoms with Crippen LogP contribution in [0.3, 0.4) is 0 Å². The number of ether oxygens (including phenoxy) is 7. The Morgan fingerprint density at radius 2 is 0.521 bits per heavy atom. The fourth-order valence-corrected chi connectivity index (χ4v) is 9.61. The number of amides is 1. The first-order valence-corrected chi connectivity index (χ1v) is 50.7. The van der Waals surface area contributed by atoms with E-state index in [4.69, 9.17) is 69.6 Å². The van der Waals surface area contributed by atoms with E-state index in [1.165, 1.54) is 132 Å². The first kappa shape index (κ1) is 205. The average Bonchev–Trinajstić information content (AvgIpc) is 1.07. The molecule has 30 nitrogen and oxygen atoms in total. The first-order chi connectivity index (χ1) is 52.4. The van der Waals surface area contributed by atoms with Crippen LogP contribution in [0.2, 0.25) is 0 Å². The molecule has 1 amide bonds. The number of hydrogen-bond acceptors (Lipinski definition) is 41. The second kappa shape index (κ2) is 237. The average molecular weight is 2530 g/mol. The van der Waals surface area contributed by atoms with Gasteiger partial charge in [0.25, 0.3) is 0 Å². The summed E-state index contributed by atoms with van der Waals surface area (Å²) in [4.78, 5) is 119. The number of thiol groups is 1. The van der Waals surface area contributed by atoms with E-state index in [-0.39, 0.29) is 314 Å². The fraction of sp³-hybridized carbons (Fsp3) is 0.716. The molecule has 52 heteroatoms. The van der Waals surface area contributed by atoms with Gasteiger partial charge < -0.3 is 114 Å². The van der Waals surface area contributed by atoms with Gasteiger partial charge in [-0.1, -0.05) is 110 Å². The van der Waals surface area contributed by atoms with Crippen molar-refractivity contribution >= 4 is 235 Å². The van der Waals surface area contributed by atoms with Crippen molar-refractivity contribution in [2.75, 3.05) is 134 Å². The molecule has 0 unspecified atom stereocenters. The smallest absolute Gasteiger partial charge is 0.310 e. The van der Waals surface area contributed by atoms with E-state index >= 15 is 0 Å². The number of Topliss-reactive ketones (excluding diaryl/α,β-unsaturated/α-hetero) is 2. The largest absolute Gasteiger partial charge is 0.724 e. The molecule has 0 aliphatic heterocycles. The molecule has 119 heavy (non-hydrogen) atoms. The number of aliphatic hydroxyl groups is 7. The third-order valence-electron chi connectivity index (χ3n) is 7.04. The number of carbonyl (C=O) groups excluding carboxylic acids is 12. The van der Waals surface area contributed by atoms with Gasteiger partial charge in [0.1, 0.15) is 44.6 Å². The van der Waals surface area contributed by atoms with Gasteiger partial charge in [-0.3, -0.25) is 156 Å². The SMILES string of the molecule is CC.CC(=O)OC(C)=O.CC(C)=O.CC(N)=O.CCC(C)=O.CCCCCCCOC(=O)CC.CO.CO.CO.CO.O.OCCSSCCO.[CH2-]S.[CH2-]SSCCO.[CH2-]SSCCOC(=O)CC.[CH2-]SSCCOC(=O)CC.[CH2-]SSCCOC(=O)CC.[CH2-]SSCCOC(=O)CC.[CH2-]SSCCOC(C)=O.[N-]=C=O.[NH2-].[Y].[Y].[Y].[Y].[Y].[Y].[Y]. The summed E-state index contributed by atoms with van der Waals surface area (Å²) in [6.07, 6.45) is 33.7. The van der Waals surface area contributed by atoms with Crippen molar-refractivity contribution in [1.29, 1.82) is 0 Å². The van der Waals surface area contributed by atoms with E-state index < -0.39 is 11.9 Å². The van der Waals surface area contributed by atoms with Gasteiger partial charge in [-0.05, 0) is 33.3 Å². The molecule has 0 aliphatic carbocycles. The summed E-state index contributed by atoms with van der Waals surface area (Å²) in [6.45, 7) is 30.5. The topological polar surface area (TPSA) is 524 Å². The summed E-state index contributed by atoms with van der Waals surface area (Å²) in [5, 5.41) is 59.4. The van der Waals surface area contributed by atoms with Crippen LogP contribution < -0.4 is 5.73 Å². The molecule has 13 N–H and O–H groups in total. The number of hydrogen-bond donors (Lipinski definition) is 9. The van der Waals surface area contributed by atoms with Crippen molar-refractivity contribution in [3.05, 3.63) is 55.4 Å². The molecule has 0 aromatic heterocycles. The van der Waals surface area contributed by atoms with E-state index in [1.54, 1.807) is 121 Å². The molecular weight excluding hydrogens is 2380 g/mol. The summed E-state index contributed by atoms with van der Waals surface area (Å²) < 4.78 is 32.7. The molecule has 0 heterocycles. The molecule has 0 aromatic rings. The van der Waals surface area contributed by atoms with Crippen molar-refractivity contribution in [1.82, 2.24) is 0 Å². The Bertz CT molecular complexity index is 1690. The number of rotatable bonds is 40. The van der Waals surface area contributed by atoms with Gasteiger partial charge in [0.2, 0.25) is 5.91 Å². The predicted octanol–water partition coefficient (Wildman–Crippen LogP) is 15.7. The zero-order valence-electron chi connectivity index (χ0n) is 73.9. The molecule has 0 saturated heterocycles. The van der Waals surface area contributed by atoms with Gasteiger partial charge >= 0.3 is 47.8 Å². The van der Waals surface area contributed by atoms with Crippen LogP contribution in [0.5, 0.6) is 0 Å². The maximum atomic E-state index is 10.7. The summed E-state index contributed by atoms with van der Waals surface area (Å²) in [7, 11) is 25.3. The number of aliphatic hydroxyl groups excluding tert-OH is 7. The molecule has 0 bridgehead atoms. The van der Waals surface area contributed by atoms with E-state index in [9.17, 15) is 52.7 Å². The minimum absolute atomic E-state index is 0. The van der Waals surface area contributed by atoms with E-state index in [2.05, 4.69) is 78.6 Å². The maximum Gasteiger partial charge on any atom is 0.310 e. The van der Waals surface area contributed by atoms with Crippen molar-refractivity contribution < 1.29 is 361 Å². The van der Waals surface area contributed by atoms with Gasteiger partial charge in [0.15, 0.2) is 0 Å². The minimum Gasteiger partial charge on any atom is -0.724 e. The van der Waals surface area contributed by atoms with Crippen LogP contribution >= 0.6 is 164 Å². The second-order valence-electron chi connectivity index (χ2n) is 15.8. The number of isocyanates is 1. The van der Waals surface area contributed by atoms with Gasteiger partial charge in [0.05, 0.1) is 26.4 Å². The molecule has 0 saturated carbocycles. The van der Waals surface area contributed by atoms with Crippen LogP contribution in [0.4, 0.5) is 0 Å². The fourth-order valence-electron chi connectivity index (χ4n) is 3.17. The van der Waals surface area contributed by atoms with Crippen LogP contribution in [0.15, 0.2) is 0 Å².